The lowest BCUT2D eigenvalue weighted by atomic mass is 9.86. The summed E-state index contributed by atoms with van der Waals surface area (Å²) in [5.74, 6) is 0. The van der Waals surface area contributed by atoms with Crippen LogP contribution in [0.5, 0.6) is 0 Å². The molecule has 3 rings (SSSR count). The Morgan fingerprint density at radius 2 is 1.40 bits per heavy atom. The molecule has 2 heterocycles. The van der Waals surface area contributed by atoms with Crippen LogP contribution in [0.4, 0.5) is 0 Å². The highest BCUT2D eigenvalue weighted by atomic mass is 16.7. The van der Waals surface area contributed by atoms with Crippen LogP contribution in [0.2, 0.25) is 0 Å². The molecule has 42 heavy (non-hydrogen) atoms. The molecule has 0 radical (unpaired) electrons. The predicted molar refractivity (Wildman–Crippen MR) is 137 cm³/mol. The first kappa shape index (κ1) is 35.5. The molecule has 0 spiro atoms. The third-order valence-corrected chi connectivity index (χ3v) is 7.99. The average molecular weight is 616 g/mol. The maximum Gasteiger partial charge on any atom is 0.187 e. The Hall–Kier alpha value is -0.940. The molecule has 18 atom stereocenters. The average Bonchev–Trinajstić information content (AvgIpc) is 2.95. The highest BCUT2D eigenvalue weighted by Crippen LogP contribution is 2.31. The summed E-state index contributed by atoms with van der Waals surface area (Å²) in [5.41, 5.74) is 0.0459. The smallest absolute Gasteiger partial charge is 0.187 e. The van der Waals surface area contributed by atoms with Crippen LogP contribution in [0.1, 0.15) is 20.8 Å². The summed E-state index contributed by atoms with van der Waals surface area (Å²) in [6, 6.07) is -2.08. The van der Waals surface area contributed by atoms with E-state index in [-0.39, 0.29) is 5.57 Å². The van der Waals surface area contributed by atoms with E-state index in [9.17, 15) is 61.3 Å². The Balaban J connectivity index is 1.67. The predicted octanol–water partition coefficient (Wildman–Crippen LogP) is -6.87. The van der Waals surface area contributed by atoms with Gasteiger partial charge in [0.15, 0.2) is 12.6 Å². The number of hydrogen-bond donors (Lipinski definition) is 13. The first-order valence-corrected chi connectivity index (χ1v) is 13.7. The van der Waals surface area contributed by atoms with E-state index in [0.717, 1.165) is 0 Å². The van der Waals surface area contributed by atoms with E-state index in [4.69, 9.17) is 18.9 Å². The minimum absolute atomic E-state index is 0.0459. The topological polar surface area (TPSA) is 292 Å². The number of ether oxygens (including phenoxy) is 4. The molecule has 0 bridgehead atoms. The molecule has 0 amide bonds. The minimum Gasteiger partial charge on any atom is -0.394 e. The fourth-order valence-corrected chi connectivity index (χ4v) is 5.33. The van der Waals surface area contributed by atoms with Crippen molar-refractivity contribution in [3.05, 3.63) is 11.6 Å². The van der Waals surface area contributed by atoms with Crippen LogP contribution in [0.3, 0.4) is 0 Å². The number of nitrogens with one attached hydrogen (secondary N) is 1. The molecule has 3 aliphatic rings. The van der Waals surface area contributed by atoms with E-state index in [1.165, 1.54) is 26.8 Å². The van der Waals surface area contributed by atoms with E-state index >= 15 is 0 Å². The van der Waals surface area contributed by atoms with E-state index in [1.54, 1.807) is 0 Å². The number of hydrogen-bond acceptors (Lipinski definition) is 17. The van der Waals surface area contributed by atoms with Crippen LogP contribution in [0.25, 0.3) is 0 Å². The Morgan fingerprint density at radius 3 is 1.98 bits per heavy atom. The van der Waals surface area contributed by atoms with Gasteiger partial charge in [-0.3, -0.25) is 0 Å². The van der Waals surface area contributed by atoms with Crippen LogP contribution >= 0.6 is 0 Å². The normalized spacial score (nSPS) is 46.0. The molecule has 2 saturated heterocycles. The zero-order valence-electron chi connectivity index (χ0n) is 23.4. The number of aliphatic hydroxyl groups is 12. The maximum absolute atomic E-state index is 10.9. The molecule has 0 aromatic heterocycles. The molecule has 0 aromatic carbocycles. The summed E-state index contributed by atoms with van der Waals surface area (Å²) in [4.78, 5) is 0. The van der Waals surface area contributed by atoms with Gasteiger partial charge in [-0.15, -0.1) is 0 Å². The van der Waals surface area contributed by atoms with Crippen molar-refractivity contribution in [1.29, 1.82) is 0 Å². The quantitative estimate of drug-likeness (QED) is 0.0961. The molecule has 0 saturated carbocycles. The van der Waals surface area contributed by atoms with Crippen molar-refractivity contribution in [2.24, 2.45) is 0 Å². The van der Waals surface area contributed by atoms with Gasteiger partial charge in [0.2, 0.25) is 0 Å². The minimum atomic E-state index is -1.83. The van der Waals surface area contributed by atoms with Gasteiger partial charge in [0.25, 0.3) is 0 Å². The van der Waals surface area contributed by atoms with Crippen LogP contribution in [-0.4, -0.2) is 185 Å². The molecule has 0 aromatic rings. The second-order valence-electron chi connectivity index (χ2n) is 11.1. The number of rotatable bonds is 11. The van der Waals surface area contributed by atoms with Gasteiger partial charge in [0.05, 0.1) is 43.6 Å². The van der Waals surface area contributed by atoms with Crippen LogP contribution < -0.4 is 5.32 Å². The summed E-state index contributed by atoms with van der Waals surface area (Å²) in [7, 11) is 0. The monoisotopic (exact) mass is 615 g/mol. The zero-order valence-corrected chi connectivity index (χ0v) is 23.4. The molecule has 2 aliphatic heterocycles. The van der Waals surface area contributed by atoms with E-state index in [2.05, 4.69) is 5.32 Å². The third kappa shape index (κ3) is 7.47. The highest BCUT2D eigenvalue weighted by molar-refractivity contribution is 5.22. The first-order chi connectivity index (χ1) is 19.6. The summed E-state index contributed by atoms with van der Waals surface area (Å²) in [5, 5.41) is 125. The molecular weight excluding hydrogens is 570 g/mol. The van der Waals surface area contributed by atoms with E-state index in [1.807, 2.05) is 0 Å². The van der Waals surface area contributed by atoms with Crippen LogP contribution in [0, 0.1) is 0 Å². The summed E-state index contributed by atoms with van der Waals surface area (Å²) < 4.78 is 22.5. The third-order valence-electron chi connectivity index (χ3n) is 7.99. The molecule has 246 valence electrons. The van der Waals surface area contributed by atoms with Gasteiger partial charge in [0.1, 0.15) is 67.1 Å². The SMILES string of the molecule is CC(O)C(O)C(O[C@H]1OC(C)C(OC2O[C@H](C)C(NC3C=C(CO)[C@@H](O)C(O)[C@H]3O)[C@H](O)C2O)C(O)[C@H]1O)[C@H](O)CO. The van der Waals surface area contributed by atoms with Crippen LogP contribution in [0.15, 0.2) is 11.6 Å². The number of aliphatic hydroxyl groups excluding tert-OH is 12. The summed E-state index contributed by atoms with van der Waals surface area (Å²) in [6.45, 7) is 2.70. The molecule has 2 fully saturated rings. The van der Waals surface area contributed by atoms with Crippen molar-refractivity contribution >= 4 is 0 Å². The van der Waals surface area contributed by atoms with Gasteiger partial charge in [-0.2, -0.15) is 0 Å². The van der Waals surface area contributed by atoms with E-state index in [0.29, 0.717) is 0 Å². The first-order valence-electron chi connectivity index (χ1n) is 13.7. The lowest BCUT2D eigenvalue weighted by Gasteiger charge is -2.48. The largest absolute Gasteiger partial charge is 0.394 e. The van der Waals surface area contributed by atoms with Gasteiger partial charge < -0.3 is 85.5 Å². The van der Waals surface area contributed by atoms with Crippen molar-refractivity contribution in [2.45, 2.75) is 131 Å². The Morgan fingerprint density at radius 1 is 0.810 bits per heavy atom. The van der Waals surface area contributed by atoms with Gasteiger partial charge >= 0.3 is 0 Å². The second-order valence-corrected chi connectivity index (χ2v) is 11.1. The Bertz CT molecular complexity index is 881. The Kier molecular flexibility index (Phi) is 12.6. The Labute approximate surface area is 241 Å². The van der Waals surface area contributed by atoms with Crippen molar-refractivity contribution in [2.75, 3.05) is 13.2 Å². The van der Waals surface area contributed by atoms with Gasteiger partial charge in [-0.25, -0.2) is 0 Å². The lowest BCUT2D eigenvalue weighted by molar-refractivity contribution is -0.356. The zero-order chi connectivity index (χ0) is 31.6. The van der Waals surface area contributed by atoms with Crippen molar-refractivity contribution in [3.8, 4) is 0 Å². The molecule has 17 nitrogen and oxygen atoms in total. The second kappa shape index (κ2) is 14.9. The molecule has 11 unspecified atom stereocenters. The van der Waals surface area contributed by atoms with Gasteiger partial charge in [-0.05, 0) is 26.3 Å². The standard InChI is InChI=1S/C25H45NO16/c1-7(29)14(31)23(12(30)6-28)42-25-21(38)19(36)22(9(3)40-25)41-24-20(37)17(34)13(8(2)39-24)26-11-4-10(5-27)15(32)18(35)16(11)33/h4,7-9,11-38H,5-6H2,1-3H3/t7?,8-,9?,11?,12-,13?,14?,15-,16+,17+,18?,19?,20?,21-,22?,23?,24?,25-/m1/s1. The lowest BCUT2D eigenvalue weighted by Crippen LogP contribution is -2.68. The fraction of sp³-hybridized carbons (Fsp3) is 0.920. The molecular formula is C25H45NO16. The summed E-state index contributed by atoms with van der Waals surface area (Å²) >= 11 is 0. The summed E-state index contributed by atoms with van der Waals surface area (Å²) in [6.07, 6.45) is -23.1. The van der Waals surface area contributed by atoms with Gasteiger partial charge in [0, 0.05) is 0 Å². The molecule has 17 heteroatoms. The maximum atomic E-state index is 10.9. The van der Waals surface area contributed by atoms with Crippen LogP contribution in [-0.2, 0) is 18.9 Å². The fourth-order valence-electron chi connectivity index (χ4n) is 5.33. The highest BCUT2D eigenvalue weighted by Gasteiger charge is 2.51. The van der Waals surface area contributed by atoms with E-state index < -0.39 is 123 Å². The van der Waals surface area contributed by atoms with Crippen molar-refractivity contribution in [1.82, 2.24) is 5.32 Å². The van der Waals surface area contributed by atoms with Gasteiger partial charge in [-0.1, -0.05) is 6.08 Å². The molecule has 1 aliphatic carbocycles. The molecule has 13 N–H and O–H groups in total. The van der Waals surface area contributed by atoms with Crippen molar-refractivity contribution < 1.29 is 80.2 Å². The van der Waals surface area contributed by atoms with Crippen molar-refractivity contribution in [3.63, 3.8) is 0 Å².